The first-order valence-electron chi connectivity index (χ1n) is 7.03. The van der Waals surface area contributed by atoms with Crippen LogP contribution in [0.5, 0.6) is 0 Å². The second kappa shape index (κ2) is 7.20. The summed E-state index contributed by atoms with van der Waals surface area (Å²) < 4.78 is 12.6. The Morgan fingerprint density at radius 3 is 2.42 bits per heavy atom. The Balaban J connectivity index is 2.79. The van der Waals surface area contributed by atoms with E-state index in [9.17, 15) is 4.21 Å². The van der Waals surface area contributed by atoms with Crippen LogP contribution < -0.4 is 5.32 Å². The lowest BCUT2D eigenvalue weighted by molar-refractivity contribution is 0.290. The van der Waals surface area contributed by atoms with E-state index in [0.717, 1.165) is 23.4 Å². The van der Waals surface area contributed by atoms with Crippen molar-refractivity contribution in [3.8, 4) is 0 Å². The van der Waals surface area contributed by atoms with Crippen molar-refractivity contribution in [1.29, 1.82) is 0 Å². The smallest absolute Gasteiger partial charge is 0.0548 e. The summed E-state index contributed by atoms with van der Waals surface area (Å²) in [6.07, 6.45) is 1.10. The lowest BCUT2D eigenvalue weighted by atomic mass is 9.88. The van der Waals surface area contributed by atoms with Crippen LogP contribution in [0.4, 0.5) is 0 Å². The molecule has 0 spiro atoms. The van der Waals surface area contributed by atoms with Gasteiger partial charge in [0, 0.05) is 16.7 Å². The molecule has 2 atom stereocenters. The molecule has 1 rings (SSSR count). The van der Waals surface area contributed by atoms with E-state index in [2.05, 4.69) is 33.0 Å². The minimum Gasteiger partial charge on any atom is -0.313 e. The first-order valence-corrected chi connectivity index (χ1v) is 8.35. The fourth-order valence-corrected chi connectivity index (χ4v) is 3.74. The van der Waals surface area contributed by atoms with Crippen LogP contribution in [0, 0.1) is 12.3 Å². The van der Waals surface area contributed by atoms with Crippen LogP contribution in [-0.4, -0.2) is 22.5 Å². The normalized spacial score (nSPS) is 15.2. The lowest BCUT2D eigenvalue weighted by Gasteiger charge is -2.31. The van der Waals surface area contributed by atoms with Gasteiger partial charge in [-0.2, -0.15) is 0 Å². The van der Waals surface area contributed by atoms with E-state index in [0.29, 0.717) is 5.75 Å². The summed E-state index contributed by atoms with van der Waals surface area (Å²) in [6, 6.07) is 8.23. The van der Waals surface area contributed by atoms with Gasteiger partial charge in [-0.25, -0.2) is 0 Å². The average molecular weight is 281 g/mol. The highest BCUT2D eigenvalue weighted by Crippen LogP contribution is 2.22. The Hall–Kier alpha value is -0.670. The molecule has 1 N–H and O–H groups in total. The molecule has 0 fully saturated rings. The molecule has 0 aromatic heterocycles. The number of aryl methyl sites for hydroxylation is 1. The Morgan fingerprint density at radius 1 is 1.26 bits per heavy atom. The van der Waals surface area contributed by atoms with Gasteiger partial charge in [-0.05, 0) is 36.9 Å². The van der Waals surface area contributed by atoms with Crippen LogP contribution in [0.15, 0.2) is 29.2 Å². The first-order chi connectivity index (χ1) is 8.86. The summed E-state index contributed by atoms with van der Waals surface area (Å²) in [4.78, 5) is 0.968. The van der Waals surface area contributed by atoms with Crippen LogP contribution in [0.2, 0.25) is 0 Å². The quantitative estimate of drug-likeness (QED) is 0.864. The van der Waals surface area contributed by atoms with Crippen LogP contribution in [0.25, 0.3) is 0 Å². The molecule has 1 aromatic rings. The van der Waals surface area contributed by atoms with E-state index in [1.807, 2.05) is 31.2 Å². The number of hydrogen-bond acceptors (Lipinski definition) is 2. The zero-order valence-electron chi connectivity index (χ0n) is 12.8. The third kappa shape index (κ3) is 5.07. The van der Waals surface area contributed by atoms with E-state index >= 15 is 0 Å². The molecule has 1 aromatic carbocycles. The maximum Gasteiger partial charge on any atom is 0.0548 e. The van der Waals surface area contributed by atoms with E-state index in [-0.39, 0.29) is 11.5 Å². The SMILES string of the molecule is CCCNC(CS(=O)c1ccccc1C)C(C)(C)C. The fourth-order valence-electron chi connectivity index (χ4n) is 1.99. The van der Waals surface area contributed by atoms with Crippen LogP contribution in [0.3, 0.4) is 0 Å². The Bertz CT molecular complexity index is 423. The number of rotatable bonds is 6. The predicted octanol–water partition coefficient (Wildman–Crippen LogP) is 3.52. The van der Waals surface area contributed by atoms with Crippen LogP contribution in [-0.2, 0) is 10.8 Å². The van der Waals surface area contributed by atoms with Gasteiger partial charge < -0.3 is 5.32 Å². The maximum absolute atomic E-state index is 12.6. The molecule has 108 valence electrons. The average Bonchev–Trinajstić information content (AvgIpc) is 2.33. The van der Waals surface area contributed by atoms with Gasteiger partial charge in [-0.3, -0.25) is 4.21 Å². The van der Waals surface area contributed by atoms with Crippen molar-refractivity contribution in [3.63, 3.8) is 0 Å². The fraction of sp³-hybridized carbons (Fsp3) is 0.625. The molecular formula is C16H27NOS. The molecule has 0 aliphatic heterocycles. The molecule has 0 radical (unpaired) electrons. The van der Waals surface area contributed by atoms with Crippen molar-refractivity contribution in [1.82, 2.24) is 5.32 Å². The summed E-state index contributed by atoms with van der Waals surface area (Å²) in [7, 11) is -0.938. The molecule has 0 saturated heterocycles. The molecule has 2 nitrogen and oxygen atoms in total. The van der Waals surface area contributed by atoms with Gasteiger partial charge in [0.25, 0.3) is 0 Å². The predicted molar refractivity (Wildman–Crippen MR) is 84.0 cm³/mol. The highest BCUT2D eigenvalue weighted by atomic mass is 32.2. The topological polar surface area (TPSA) is 29.1 Å². The van der Waals surface area contributed by atoms with E-state index in [1.54, 1.807) is 0 Å². The Kier molecular flexibility index (Phi) is 6.21. The second-order valence-corrected chi connectivity index (χ2v) is 7.61. The van der Waals surface area contributed by atoms with Gasteiger partial charge in [0.15, 0.2) is 0 Å². The van der Waals surface area contributed by atoms with Gasteiger partial charge in [0.05, 0.1) is 10.8 Å². The van der Waals surface area contributed by atoms with Gasteiger partial charge in [-0.1, -0.05) is 45.9 Å². The molecule has 3 heteroatoms. The molecule has 0 aliphatic rings. The molecule has 0 bridgehead atoms. The molecule has 19 heavy (non-hydrogen) atoms. The first kappa shape index (κ1) is 16.4. The third-order valence-corrected chi connectivity index (χ3v) is 4.93. The third-order valence-electron chi connectivity index (χ3n) is 3.34. The van der Waals surface area contributed by atoms with Gasteiger partial charge in [0.1, 0.15) is 0 Å². The zero-order valence-corrected chi connectivity index (χ0v) is 13.6. The second-order valence-electron chi connectivity index (χ2n) is 6.15. The van der Waals surface area contributed by atoms with E-state index in [4.69, 9.17) is 0 Å². The van der Waals surface area contributed by atoms with E-state index in [1.165, 1.54) is 0 Å². The van der Waals surface area contributed by atoms with Crippen molar-refractivity contribution >= 4 is 10.8 Å². The van der Waals surface area contributed by atoms with Crippen LogP contribution in [0.1, 0.15) is 39.7 Å². The summed E-state index contributed by atoms with van der Waals surface area (Å²) in [5.74, 6) is 0.675. The standard InChI is InChI=1S/C16H27NOS/c1-6-11-17-15(16(3,4)5)12-19(18)14-10-8-7-9-13(14)2/h7-10,15,17H,6,11-12H2,1-5H3. The highest BCUT2D eigenvalue weighted by molar-refractivity contribution is 7.85. The molecule has 0 aliphatic carbocycles. The zero-order chi connectivity index (χ0) is 14.5. The van der Waals surface area contributed by atoms with Crippen molar-refractivity contribution in [2.75, 3.05) is 12.3 Å². The summed E-state index contributed by atoms with van der Waals surface area (Å²) in [5.41, 5.74) is 1.23. The van der Waals surface area contributed by atoms with Gasteiger partial charge in [0.2, 0.25) is 0 Å². The molecule has 0 saturated carbocycles. The number of hydrogen-bond donors (Lipinski definition) is 1. The summed E-state index contributed by atoms with van der Waals surface area (Å²) in [6.45, 7) is 11.8. The lowest BCUT2D eigenvalue weighted by Crippen LogP contribution is -2.44. The Labute approximate surface area is 120 Å². The molecule has 0 heterocycles. The Morgan fingerprint density at radius 2 is 1.89 bits per heavy atom. The van der Waals surface area contributed by atoms with Crippen molar-refractivity contribution in [3.05, 3.63) is 29.8 Å². The van der Waals surface area contributed by atoms with Crippen molar-refractivity contribution in [2.45, 2.75) is 52.0 Å². The monoisotopic (exact) mass is 281 g/mol. The van der Waals surface area contributed by atoms with Gasteiger partial charge in [-0.15, -0.1) is 0 Å². The maximum atomic E-state index is 12.6. The molecule has 2 unspecified atom stereocenters. The number of benzene rings is 1. The van der Waals surface area contributed by atoms with Crippen molar-refractivity contribution in [2.24, 2.45) is 5.41 Å². The molecule has 0 amide bonds. The number of nitrogens with one attached hydrogen (secondary N) is 1. The molecular weight excluding hydrogens is 254 g/mol. The largest absolute Gasteiger partial charge is 0.313 e. The summed E-state index contributed by atoms with van der Waals surface area (Å²) in [5, 5.41) is 3.54. The van der Waals surface area contributed by atoms with Gasteiger partial charge >= 0.3 is 0 Å². The van der Waals surface area contributed by atoms with Crippen LogP contribution >= 0.6 is 0 Å². The summed E-state index contributed by atoms with van der Waals surface area (Å²) >= 11 is 0. The minimum absolute atomic E-state index is 0.119. The highest BCUT2D eigenvalue weighted by Gasteiger charge is 2.26. The minimum atomic E-state index is -0.938. The van der Waals surface area contributed by atoms with E-state index < -0.39 is 10.8 Å². The van der Waals surface area contributed by atoms with Crippen molar-refractivity contribution < 1.29 is 4.21 Å².